The van der Waals surface area contributed by atoms with Gasteiger partial charge in [0, 0.05) is 11.3 Å². The van der Waals surface area contributed by atoms with E-state index in [1.54, 1.807) is 45.0 Å². The number of nitrogens with one attached hydrogen (secondary N) is 1. The number of hydrogen-bond acceptors (Lipinski definition) is 4. The van der Waals surface area contributed by atoms with Gasteiger partial charge in [-0.15, -0.1) is 0 Å². The molecular weight excluding hydrogens is 292 g/mol. The van der Waals surface area contributed by atoms with Crippen LogP contribution in [0.4, 0.5) is 0 Å². The van der Waals surface area contributed by atoms with E-state index in [9.17, 15) is 9.59 Å². The molecule has 0 saturated carbocycles. The molecule has 0 saturated heterocycles. The Morgan fingerprint density at radius 2 is 1.83 bits per heavy atom. The van der Waals surface area contributed by atoms with E-state index >= 15 is 0 Å². The highest BCUT2D eigenvalue weighted by atomic mass is 16.5. The number of carbonyl (C=O) groups is 2. The second kappa shape index (κ2) is 6.49. The molecule has 1 heterocycles. The predicted octanol–water partition coefficient (Wildman–Crippen LogP) is 3.36. The van der Waals surface area contributed by atoms with Crippen LogP contribution in [0.15, 0.2) is 24.3 Å². The highest BCUT2D eigenvalue weighted by Gasteiger charge is 2.24. The molecule has 0 aliphatic carbocycles. The van der Waals surface area contributed by atoms with Gasteiger partial charge in [-0.1, -0.05) is 0 Å². The molecule has 23 heavy (non-hydrogen) atoms. The summed E-state index contributed by atoms with van der Waals surface area (Å²) in [5, 5.41) is 8.77. The van der Waals surface area contributed by atoms with Crippen LogP contribution >= 0.6 is 0 Å². The second-order valence-corrected chi connectivity index (χ2v) is 5.44. The van der Waals surface area contributed by atoms with E-state index in [1.165, 1.54) is 6.92 Å². The zero-order valence-corrected chi connectivity index (χ0v) is 13.6. The van der Waals surface area contributed by atoms with E-state index < -0.39 is 6.10 Å². The highest BCUT2D eigenvalue weighted by Crippen LogP contribution is 2.21. The number of rotatable bonds is 5. The van der Waals surface area contributed by atoms with Crippen LogP contribution in [0.5, 0.6) is 5.75 Å². The number of benzene rings is 1. The summed E-state index contributed by atoms with van der Waals surface area (Å²) in [5.41, 5.74) is 2.81. The Kier molecular flexibility index (Phi) is 4.65. The fourth-order valence-electron chi connectivity index (χ4n) is 2.59. The van der Waals surface area contributed by atoms with E-state index in [2.05, 4.69) is 4.98 Å². The molecule has 1 N–H and O–H groups in total. The minimum absolute atomic E-state index is 0.0732. The molecular formula is C18H18N2O3. The summed E-state index contributed by atoms with van der Waals surface area (Å²) in [6.07, 6.45) is -0.709. The molecule has 1 aromatic heterocycles. The first-order valence-corrected chi connectivity index (χ1v) is 7.26. The zero-order valence-electron chi connectivity index (χ0n) is 13.6. The topological polar surface area (TPSA) is 82.9 Å². The van der Waals surface area contributed by atoms with Crippen molar-refractivity contribution in [2.75, 3.05) is 0 Å². The average molecular weight is 310 g/mol. The SMILES string of the molecule is CC(=O)c1c(C)[nH]c(C(=O)[C@H](C)Oc2ccc(C#N)cc2)c1C. The van der Waals surface area contributed by atoms with Crippen molar-refractivity contribution >= 4 is 11.6 Å². The molecule has 5 heteroatoms. The van der Waals surface area contributed by atoms with Crippen molar-refractivity contribution < 1.29 is 14.3 Å². The normalized spacial score (nSPS) is 11.6. The first kappa shape index (κ1) is 16.5. The molecule has 5 nitrogen and oxygen atoms in total. The first-order chi connectivity index (χ1) is 10.8. The lowest BCUT2D eigenvalue weighted by Crippen LogP contribution is -2.25. The summed E-state index contributed by atoms with van der Waals surface area (Å²) >= 11 is 0. The van der Waals surface area contributed by atoms with Gasteiger partial charge >= 0.3 is 0 Å². The Morgan fingerprint density at radius 3 is 2.30 bits per heavy atom. The lowest BCUT2D eigenvalue weighted by Gasteiger charge is -2.13. The van der Waals surface area contributed by atoms with Gasteiger partial charge in [0.1, 0.15) is 5.75 Å². The molecule has 2 aromatic rings. The van der Waals surface area contributed by atoms with Crippen molar-refractivity contribution in [3.8, 4) is 11.8 Å². The Hall–Kier alpha value is -2.87. The maximum absolute atomic E-state index is 12.6. The number of Topliss-reactive ketones (excluding diaryl/α,β-unsaturated/α-hetero) is 2. The Balaban J connectivity index is 2.21. The molecule has 1 atom stereocenters. The maximum atomic E-state index is 12.6. The quantitative estimate of drug-likeness (QED) is 0.858. The maximum Gasteiger partial charge on any atom is 0.219 e. The second-order valence-electron chi connectivity index (χ2n) is 5.44. The molecule has 118 valence electrons. The van der Waals surface area contributed by atoms with Gasteiger partial charge in [0.25, 0.3) is 0 Å². The van der Waals surface area contributed by atoms with Crippen LogP contribution in [0, 0.1) is 25.2 Å². The minimum atomic E-state index is -0.709. The highest BCUT2D eigenvalue weighted by molar-refractivity contribution is 6.04. The lowest BCUT2D eigenvalue weighted by atomic mass is 10.0. The number of ketones is 2. The number of carbonyl (C=O) groups excluding carboxylic acids is 2. The number of aromatic amines is 1. The van der Waals surface area contributed by atoms with Gasteiger partial charge in [-0.05, 0) is 57.5 Å². The van der Waals surface area contributed by atoms with Gasteiger partial charge in [-0.25, -0.2) is 0 Å². The summed E-state index contributed by atoms with van der Waals surface area (Å²) in [4.78, 5) is 27.2. The largest absolute Gasteiger partial charge is 0.483 e. The number of nitrogens with zero attached hydrogens (tertiary/aromatic N) is 1. The van der Waals surface area contributed by atoms with Gasteiger partial charge < -0.3 is 9.72 Å². The Morgan fingerprint density at radius 1 is 1.22 bits per heavy atom. The first-order valence-electron chi connectivity index (χ1n) is 7.26. The van der Waals surface area contributed by atoms with Crippen LogP contribution < -0.4 is 4.74 Å². The van der Waals surface area contributed by atoms with Gasteiger partial charge in [-0.2, -0.15) is 5.26 Å². The Labute approximate surface area is 134 Å². The third-order valence-corrected chi connectivity index (χ3v) is 3.70. The molecule has 0 amide bonds. The van der Waals surface area contributed by atoms with E-state index in [1.807, 2.05) is 6.07 Å². The van der Waals surface area contributed by atoms with Crippen molar-refractivity contribution in [3.63, 3.8) is 0 Å². The lowest BCUT2D eigenvalue weighted by molar-refractivity contribution is 0.0812. The van der Waals surface area contributed by atoms with Crippen molar-refractivity contribution in [2.45, 2.75) is 33.8 Å². The van der Waals surface area contributed by atoms with E-state index in [-0.39, 0.29) is 11.6 Å². The van der Waals surface area contributed by atoms with Gasteiger partial charge in [0.15, 0.2) is 11.9 Å². The standard InChI is InChI=1S/C18H18N2O3/c1-10-16(12(3)21)11(2)20-17(10)18(22)13(4)23-15-7-5-14(9-19)6-8-15/h5-8,13,20H,1-4H3/t13-/m0/s1. The fourth-order valence-corrected chi connectivity index (χ4v) is 2.59. The molecule has 0 fully saturated rings. The third-order valence-electron chi connectivity index (χ3n) is 3.70. The number of aryl methyl sites for hydroxylation is 1. The summed E-state index contributed by atoms with van der Waals surface area (Å²) in [6.45, 7) is 6.66. The zero-order chi connectivity index (χ0) is 17.1. The van der Waals surface area contributed by atoms with Crippen molar-refractivity contribution in [2.24, 2.45) is 0 Å². The van der Waals surface area contributed by atoms with Crippen molar-refractivity contribution in [1.82, 2.24) is 4.98 Å². The average Bonchev–Trinajstić information content (AvgIpc) is 2.82. The fraction of sp³-hybridized carbons (Fsp3) is 0.278. The van der Waals surface area contributed by atoms with Crippen LogP contribution in [0.25, 0.3) is 0 Å². The van der Waals surface area contributed by atoms with Crippen LogP contribution in [-0.2, 0) is 0 Å². The third kappa shape index (κ3) is 3.32. The Bertz CT molecular complexity index is 795. The monoisotopic (exact) mass is 310 g/mol. The molecule has 0 radical (unpaired) electrons. The summed E-state index contributed by atoms with van der Waals surface area (Å²) < 4.78 is 5.63. The van der Waals surface area contributed by atoms with Gasteiger partial charge in [-0.3, -0.25) is 9.59 Å². The molecule has 0 aliphatic heterocycles. The predicted molar refractivity (Wildman–Crippen MR) is 85.8 cm³/mol. The summed E-state index contributed by atoms with van der Waals surface area (Å²) in [5.74, 6) is 0.219. The van der Waals surface area contributed by atoms with Crippen molar-refractivity contribution in [1.29, 1.82) is 5.26 Å². The van der Waals surface area contributed by atoms with Crippen LogP contribution in [0.3, 0.4) is 0 Å². The number of H-pyrrole nitrogens is 1. The molecule has 0 bridgehead atoms. The molecule has 1 aromatic carbocycles. The number of aromatic nitrogens is 1. The molecule has 0 aliphatic rings. The molecule has 0 unspecified atom stereocenters. The molecule has 0 spiro atoms. The summed E-state index contributed by atoms with van der Waals surface area (Å²) in [7, 11) is 0. The smallest absolute Gasteiger partial charge is 0.219 e. The van der Waals surface area contributed by atoms with Crippen molar-refractivity contribution in [3.05, 3.63) is 52.3 Å². The number of hydrogen-bond donors (Lipinski definition) is 1. The number of ether oxygens (including phenoxy) is 1. The van der Waals surface area contributed by atoms with Crippen LogP contribution in [0.1, 0.15) is 51.5 Å². The van der Waals surface area contributed by atoms with E-state index in [0.717, 1.165) is 0 Å². The van der Waals surface area contributed by atoms with Gasteiger partial charge in [0.05, 0.1) is 17.3 Å². The minimum Gasteiger partial charge on any atom is -0.483 e. The summed E-state index contributed by atoms with van der Waals surface area (Å²) in [6, 6.07) is 8.58. The van der Waals surface area contributed by atoms with Crippen LogP contribution in [0.2, 0.25) is 0 Å². The van der Waals surface area contributed by atoms with E-state index in [0.29, 0.717) is 33.8 Å². The van der Waals surface area contributed by atoms with Crippen LogP contribution in [-0.4, -0.2) is 22.7 Å². The number of nitriles is 1. The molecule has 2 rings (SSSR count). The van der Waals surface area contributed by atoms with E-state index in [4.69, 9.17) is 10.00 Å². The van der Waals surface area contributed by atoms with Gasteiger partial charge in [0.2, 0.25) is 5.78 Å².